The van der Waals surface area contributed by atoms with Crippen molar-refractivity contribution in [3.05, 3.63) is 28.2 Å². The average molecular weight is 388 g/mol. The first-order chi connectivity index (χ1) is 8.54. The highest BCUT2D eigenvalue weighted by molar-refractivity contribution is 9.11. The maximum Gasteiger partial charge on any atom is 0.261 e. The van der Waals surface area contributed by atoms with Crippen LogP contribution in [0.2, 0.25) is 0 Å². The van der Waals surface area contributed by atoms with E-state index in [1.54, 1.807) is 7.11 Å². The lowest BCUT2D eigenvalue weighted by atomic mass is 10.1. The van der Waals surface area contributed by atoms with Crippen LogP contribution in [0, 0.1) is 0 Å². The Bertz CT molecular complexity index is 375. The molecule has 1 aromatic rings. The van der Waals surface area contributed by atoms with Crippen molar-refractivity contribution in [1.29, 1.82) is 0 Å². The van der Waals surface area contributed by atoms with Gasteiger partial charge in [-0.1, -0.05) is 37.9 Å². The largest absolute Gasteiger partial charge is 0.497 e. The normalized spacial score (nSPS) is 12.8. The van der Waals surface area contributed by atoms with Gasteiger partial charge in [0.1, 0.15) is 12.4 Å². The summed E-state index contributed by atoms with van der Waals surface area (Å²) in [4.78, 5) is 0.0513. The Hall–Kier alpha value is -0.200. The van der Waals surface area contributed by atoms with E-state index in [1.165, 1.54) is 0 Å². The Morgan fingerprint density at radius 1 is 1.33 bits per heavy atom. The van der Waals surface area contributed by atoms with E-state index in [2.05, 4.69) is 31.9 Å². The second-order valence-corrected chi connectivity index (χ2v) is 5.57. The molecule has 1 aromatic carbocycles. The Labute approximate surface area is 122 Å². The number of alkyl halides is 3. The molecule has 1 rings (SSSR count). The topological polar surface area (TPSA) is 18.5 Å². The number of hydrogen-bond donors (Lipinski definition) is 0. The standard InChI is InChI=1S/C12H14Br2F2O2/c1-17-8-2-3-9(11(14)6-8)10(13)4-5-18-7-12(15)16/h2-3,6,10,12H,4-5,7H2,1H3. The smallest absolute Gasteiger partial charge is 0.261 e. The third kappa shape index (κ3) is 5.20. The van der Waals surface area contributed by atoms with Crippen LogP contribution in [0.4, 0.5) is 8.78 Å². The van der Waals surface area contributed by atoms with Gasteiger partial charge in [-0.2, -0.15) is 0 Å². The summed E-state index contributed by atoms with van der Waals surface area (Å²) in [6, 6.07) is 5.65. The van der Waals surface area contributed by atoms with E-state index in [0.717, 1.165) is 15.8 Å². The number of ether oxygens (including phenoxy) is 2. The van der Waals surface area contributed by atoms with Crippen molar-refractivity contribution in [1.82, 2.24) is 0 Å². The van der Waals surface area contributed by atoms with E-state index >= 15 is 0 Å². The van der Waals surface area contributed by atoms with Crippen molar-refractivity contribution in [3.8, 4) is 5.75 Å². The molecule has 0 fully saturated rings. The Morgan fingerprint density at radius 3 is 2.61 bits per heavy atom. The zero-order chi connectivity index (χ0) is 13.5. The second kappa shape index (κ2) is 8.07. The molecule has 0 radical (unpaired) electrons. The minimum atomic E-state index is -2.41. The van der Waals surface area contributed by atoms with Crippen molar-refractivity contribution in [2.75, 3.05) is 20.3 Å². The molecule has 6 heteroatoms. The van der Waals surface area contributed by atoms with Gasteiger partial charge in [0.15, 0.2) is 0 Å². The molecule has 1 atom stereocenters. The fourth-order valence-corrected chi connectivity index (χ4v) is 2.93. The van der Waals surface area contributed by atoms with Gasteiger partial charge in [0.05, 0.1) is 7.11 Å². The summed E-state index contributed by atoms with van der Waals surface area (Å²) in [6.45, 7) is -0.220. The summed E-state index contributed by atoms with van der Waals surface area (Å²) in [5.41, 5.74) is 1.04. The van der Waals surface area contributed by atoms with Gasteiger partial charge in [0, 0.05) is 15.9 Å². The van der Waals surface area contributed by atoms with E-state index < -0.39 is 13.0 Å². The van der Waals surface area contributed by atoms with Crippen molar-refractivity contribution >= 4 is 31.9 Å². The van der Waals surface area contributed by atoms with Crippen LogP contribution in [-0.4, -0.2) is 26.7 Å². The predicted molar refractivity (Wildman–Crippen MR) is 73.8 cm³/mol. The van der Waals surface area contributed by atoms with Crippen LogP contribution in [0.25, 0.3) is 0 Å². The third-order valence-corrected chi connectivity index (χ3v) is 3.94. The molecule has 0 aliphatic rings. The maximum atomic E-state index is 11.9. The first kappa shape index (κ1) is 15.9. The molecule has 0 aromatic heterocycles. The van der Waals surface area contributed by atoms with Gasteiger partial charge in [-0.3, -0.25) is 0 Å². The molecule has 0 amide bonds. The van der Waals surface area contributed by atoms with Crippen LogP contribution < -0.4 is 4.74 Å². The molecule has 102 valence electrons. The average Bonchev–Trinajstić information content (AvgIpc) is 2.33. The Balaban J connectivity index is 2.48. The molecule has 0 spiro atoms. The zero-order valence-corrected chi connectivity index (χ0v) is 13.0. The van der Waals surface area contributed by atoms with Crippen LogP contribution in [0.3, 0.4) is 0 Å². The summed E-state index contributed by atoms with van der Waals surface area (Å²) in [5.74, 6) is 0.763. The molecule has 0 saturated heterocycles. The first-order valence-electron chi connectivity index (χ1n) is 5.38. The number of hydrogen-bond acceptors (Lipinski definition) is 2. The monoisotopic (exact) mass is 386 g/mol. The maximum absolute atomic E-state index is 11.9. The number of rotatable bonds is 7. The van der Waals surface area contributed by atoms with Crippen molar-refractivity contribution in [3.63, 3.8) is 0 Å². The van der Waals surface area contributed by atoms with E-state index in [4.69, 9.17) is 9.47 Å². The Kier molecular flexibility index (Phi) is 7.11. The van der Waals surface area contributed by atoms with Gasteiger partial charge < -0.3 is 9.47 Å². The van der Waals surface area contributed by atoms with Crippen molar-refractivity contribution in [2.24, 2.45) is 0 Å². The highest BCUT2D eigenvalue weighted by Crippen LogP contribution is 2.34. The van der Waals surface area contributed by atoms with E-state index in [-0.39, 0.29) is 4.83 Å². The first-order valence-corrected chi connectivity index (χ1v) is 7.09. The van der Waals surface area contributed by atoms with Crippen LogP contribution in [-0.2, 0) is 4.74 Å². The second-order valence-electron chi connectivity index (χ2n) is 3.61. The third-order valence-electron chi connectivity index (χ3n) is 2.30. The van der Waals surface area contributed by atoms with Gasteiger partial charge in [-0.05, 0) is 24.1 Å². The fourth-order valence-electron chi connectivity index (χ4n) is 1.40. The molecular weight excluding hydrogens is 374 g/mol. The molecule has 1 unspecified atom stereocenters. The molecule has 2 nitrogen and oxygen atoms in total. The fraction of sp³-hybridized carbons (Fsp3) is 0.500. The van der Waals surface area contributed by atoms with Crippen molar-refractivity contribution in [2.45, 2.75) is 17.7 Å². The number of benzene rings is 1. The molecular formula is C12H14Br2F2O2. The van der Waals surface area contributed by atoms with Gasteiger partial charge in [0.25, 0.3) is 6.43 Å². The lowest BCUT2D eigenvalue weighted by Crippen LogP contribution is -2.07. The lowest BCUT2D eigenvalue weighted by Gasteiger charge is -2.13. The molecule has 18 heavy (non-hydrogen) atoms. The van der Waals surface area contributed by atoms with Crippen molar-refractivity contribution < 1.29 is 18.3 Å². The van der Waals surface area contributed by atoms with Gasteiger partial charge in [-0.15, -0.1) is 0 Å². The molecule has 0 saturated carbocycles. The van der Waals surface area contributed by atoms with Gasteiger partial charge in [0.2, 0.25) is 0 Å². The summed E-state index contributed by atoms with van der Waals surface area (Å²) in [5, 5.41) is 0. The number of halogens is 4. The SMILES string of the molecule is COc1ccc(C(Br)CCOCC(F)F)c(Br)c1. The van der Waals surface area contributed by atoms with E-state index in [0.29, 0.717) is 13.0 Å². The van der Waals surface area contributed by atoms with Gasteiger partial charge in [-0.25, -0.2) is 8.78 Å². The quantitative estimate of drug-likeness (QED) is 0.504. The molecule has 0 heterocycles. The molecule has 0 N–H and O–H groups in total. The summed E-state index contributed by atoms with van der Waals surface area (Å²) in [6.07, 6.45) is -1.79. The Morgan fingerprint density at radius 2 is 2.06 bits per heavy atom. The summed E-state index contributed by atoms with van der Waals surface area (Å²) >= 11 is 6.96. The minimum absolute atomic E-state index is 0.0513. The molecule has 0 aliphatic carbocycles. The van der Waals surface area contributed by atoms with Crippen LogP contribution >= 0.6 is 31.9 Å². The highest BCUT2D eigenvalue weighted by Gasteiger charge is 2.12. The lowest BCUT2D eigenvalue weighted by molar-refractivity contribution is 0.0167. The molecule has 0 bridgehead atoms. The molecule has 0 aliphatic heterocycles. The summed E-state index contributed by atoms with van der Waals surface area (Å²) < 4.78 is 34.6. The highest BCUT2D eigenvalue weighted by atomic mass is 79.9. The minimum Gasteiger partial charge on any atom is -0.497 e. The van der Waals surface area contributed by atoms with E-state index in [9.17, 15) is 8.78 Å². The van der Waals surface area contributed by atoms with Gasteiger partial charge >= 0.3 is 0 Å². The van der Waals surface area contributed by atoms with E-state index in [1.807, 2.05) is 18.2 Å². The van der Waals surface area contributed by atoms with Crippen LogP contribution in [0.1, 0.15) is 16.8 Å². The summed E-state index contributed by atoms with van der Waals surface area (Å²) in [7, 11) is 1.60. The number of methoxy groups -OCH3 is 1. The predicted octanol–water partition coefficient (Wildman–Crippen LogP) is 4.57. The van der Waals surface area contributed by atoms with Crippen LogP contribution in [0.15, 0.2) is 22.7 Å². The van der Waals surface area contributed by atoms with Crippen LogP contribution in [0.5, 0.6) is 5.75 Å². The zero-order valence-electron chi connectivity index (χ0n) is 9.84.